The van der Waals surface area contributed by atoms with E-state index in [-0.39, 0.29) is 24.0 Å². The number of ether oxygens (including phenoxy) is 3. The van der Waals surface area contributed by atoms with Crippen molar-refractivity contribution in [3.63, 3.8) is 0 Å². The molecule has 3 aliphatic heterocycles. The lowest BCUT2D eigenvalue weighted by Gasteiger charge is -2.34. The van der Waals surface area contributed by atoms with Crippen LogP contribution in [0.15, 0.2) is 35.5 Å². The minimum Gasteiger partial charge on any atom is -0.458 e. The maximum absolute atomic E-state index is 12.4. The van der Waals surface area contributed by atoms with E-state index in [0.717, 1.165) is 0 Å². The van der Waals surface area contributed by atoms with Crippen LogP contribution in [0.2, 0.25) is 0 Å². The second-order valence-electron chi connectivity index (χ2n) is 7.81. The highest BCUT2D eigenvalue weighted by Crippen LogP contribution is 2.48. The number of rotatable bonds is 3. The minimum absolute atomic E-state index is 0.00257. The second-order valence-corrected chi connectivity index (χ2v) is 7.81. The van der Waals surface area contributed by atoms with Gasteiger partial charge in [0.05, 0.1) is 24.2 Å². The number of aliphatic hydroxyl groups is 3. The standard InChI is InChI=1S/C20H26O8/c1-5-10(2)17(23)27-14-7-19(4)15(22)8-20(25,28-19)12(9-21)6-13-16(14)11(3)18(24)26-13/h5-6,13-16,21-22,25H,3,7-9H2,1-2,4H3/b10-5-,12-6-/t13-,14+,15-,16-,19+,20+/m0/s1. The Morgan fingerprint density at radius 1 is 1.46 bits per heavy atom. The molecule has 3 N–H and O–H groups in total. The number of carbonyl (C=O) groups excluding carboxylic acids is 2. The van der Waals surface area contributed by atoms with Crippen LogP contribution in [0.3, 0.4) is 0 Å². The van der Waals surface area contributed by atoms with Crippen LogP contribution in [0.25, 0.3) is 0 Å². The van der Waals surface area contributed by atoms with E-state index in [1.165, 1.54) is 6.08 Å². The molecular formula is C20H26O8. The average molecular weight is 394 g/mol. The van der Waals surface area contributed by atoms with E-state index in [4.69, 9.17) is 14.2 Å². The normalized spacial score (nSPS) is 42.6. The summed E-state index contributed by atoms with van der Waals surface area (Å²) in [5.41, 5.74) is -0.700. The first kappa shape index (κ1) is 20.7. The van der Waals surface area contributed by atoms with Crippen molar-refractivity contribution in [1.29, 1.82) is 0 Å². The largest absolute Gasteiger partial charge is 0.458 e. The zero-order valence-electron chi connectivity index (χ0n) is 16.2. The molecule has 0 spiro atoms. The Balaban J connectivity index is 2.09. The SMILES string of the molecule is C=C1C(=O)O[C@H]2/C=C(/CO)[C@@]3(O)C[C@H](O)[C@@](C)(C[C@@H](OC(=O)/C(C)=C\C)[C@@H]12)O3. The third-order valence-electron chi connectivity index (χ3n) is 5.90. The molecule has 0 aliphatic carbocycles. The van der Waals surface area contributed by atoms with E-state index in [1.807, 2.05) is 0 Å². The van der Waals surface area contributed by atoms with Gasteiger partial charge in [-0.2, -0.15) is 0 Å². The fourth-order valence-corrected chi connectivity index (χ4v) is 4.02. The van der Waals surface area contributed by atoms with Crippen LogP contribution in [-0.2, 0) is 23.8 Å². The smallest absolute Gasteiger partial charge is 0.334 e. The second kappa shape index (κ2) is 7.11. The molecule has 0 aromatic heterocycles. The lowest BCUT2D eigenvalue weighted by molar-refractivity contribution is -0.211. The summed E-state index contributed by atoms with van der Waals surface area (Å²) in [6.07, 6.45) is -0.0427. The molecule has 0 aromatic rings. The monoisotopic (exact) mass is 394 g/mol. The maximum atomic E-state index is 12.4. The zero-order chi connectivity index (χ0) is 20.9. The fraction of sp³-hybridized carbons (Fsp3) is 0.600. The van der Waals surface area contributed by atoms with Crippen LogP contribution in [0.1, 0.15) is 33.6 Å². The van der Waals surface area contributed by atoms with E-state index in [9.17, 15) is 24.9 Å². The molecule has 154 valence electrons. The topological polar surface area (TPSA) is 123 Å². The Labute approximate surface area is 163 Å². The molecule has 0 aromatic carbocycles. The first-order chi connectivity index (χ1) is 13.0. The van der Waals surface area contributed by atoms with Gasteiger partial charge in [0.15, 0.2) is 5.79 Å². The number of carbonyl (C=O) groups is 2. The predicted octanol–water partition coefficient (Wildman–Crippen LogP) is 0.513. The summed E-state index contributed by atoms with van der Waals surface area (Å²) < 4.78 is 16.8. The maximum Gasteiger partial charge on any atom is 0.334 e. The molecule has 2 saturated heterocycles. The van der Waals surface area contributed by atoms with Crippen molar-refractivity contribution in [3.05, 3.63) is 35.5 Å². The highest BCUT2D eigenvalue weighted by Gasteiger charge is 2.58. The molecule has 0 unspecified atom stereocenters. The number of allylic oxidation sites excluding steroid dienone is 1. The van der Waals surface area contributed by atoms with Crippen LogP contribution in [0.4, 0.5) is 0 Å². The van der Waals surface area contributed by atoms with Crippen LogP contribution >= 0.6 is 0 Å². The van der Waals surface area contributed by atoms with Crippen molar-refractivity contribution in [2.45, 2.75) is 63.3 Å². The molecule has 0 radical (unpaired) electrons. The van der Waals surface area contributed by atoms with Gasteiger partial charge in [-0.15, -0.1) is 0 Å². The Hall–Kier alpha value is -2.00. The molecule has 8 heteroatoms. The first-order valence-electron chi connectivity index (χ1n) is 9.21. The van der Waals surface area contributed by atoms with Crippen LogP contribution in [-0.4, -0.2) is 63.6 Å². The summed E-state index contributed by atoms with van der Waals surface area (Å²) in [5, 5.41) is 31.3. The summed E-state index contributed by atoms with van der Waals surface area (Å²) in [7, 11) is 0. The Morgan fingerprint density at radius 3 is 2.75 bits per heavy atom. The number of aliphatic hydroxyl groups excluding tert-OH is 2. The van der Waals surface area contributed by atoms with Crippen molar-refractivity contribution >= 4 is 11.9 Å². The molecule has 0 amide bonds. The van der Waals surface area contributed by atoms with Gasteiger partial charge in [-0.05, 0) is 26.8 Å². The third kappa shape index (κ3) is 3.30. The zero-order valence-corrected chi connectivity index (χ0v) is 16.2. The fourth-order valence-electron chi connectivity index (χ4n) is 4.02. The third-order valence-corrected chi connectivity index (χ3v) is 5.90. The highest BCUT2D eigenvalue weighted by molar-refractivity contribution is 5.92. The van der Waals surface area contributed by atoms with Crippen molar-refractivity contribution in [2.75, 3.05) is 6.61 Å². The molecule has 3 rings (SSSR count). The van der Waals surface area contributed by atoms with E-state index >= 15 is 0 Å². The number of fused-ring (bicyclic) bond motifs is 3. The van der Waals surface area contributed by atoms with Gasteiger partial charge in [0, 0.05) is 29.6 Å². The summed E-state index contributed by atoms with van der Waals surface area (Å²) in [5.74, 6) is -3.87. The number of hydrogen-bond acceptors (Lipinski definition) is 8. The van der Waals surface area contributed by atoms with Gasteiger partial charge >= 0.3 is 11.9 Å². The highest BCUT2D eigenvalue weighted by atomic mass is 16.7. The van der Waals surface area contributed by atoms with E-state index in [1.54, 1.807) is 26.8 Å². The van der Waals surface area contributed by atoms with E-state index in [2.05, 4.69) is 6.58 Å². The van der Waals surface area contributed by atoms with Gasteiger partial charge in [0.1, 0.15) is 12.2 Å². The molecule has 3 heterocycles. The number of esters is 2. The predicted molar refractivity (Wildman–Crippen MR) is 96.7 cm³/mol. The Kier molecular flexibility index (Phi) is 5.26. The van der Waals surface area contributed by atoms with Crippen molar-refractivity contribution in [2.24, 2.45) is 5.92 Å². The molecule has 0 saturated carbocycles. The molecule has 28 heavy (non-hydrogen) atoms. The van der Waals surface area contributed by atoms with Crippen molar-refractivity contribution < 1.29 is 39.1 Å². The Bertz CT molecular complexity index is 768. The molecular weight excluding hydrogens is 368 g/mol. The van der Waals surface area contributed by atoms with Gasteiger partial charge < -0.3 is 29.5 Å². The van der Waals surface area contributed by atoms with Crippen LogP contribution < -0.4 is 0 Å². The summed E-state index contributed by atoms with van der Waals surface area (Å²) in [6.45, 7) is 8.11. The van der Waals surface area contributed by atoms with Crippen LogP contribution in [0, 0.1) is 5.92 Å². The lowest BCUT2D eigenvalue weighted by Crippen LogP contribution is -2.44. The lowest BCUT2D eigenvalue weighted by atomic mass is 9.80. The van der Waals surface area contributed by atoms with Gasteiger partial charge in [-0.3, -0.25) is 0 Å². The quantitative estimate of drug-likeness (QED) is 0.360. The summed E-state index contributed by atoms with van der Waals surface area (Å²) >= 11 is 0. The van der Waals surface area contributed by atoms with E-state index < -0.39 is 54.2 Å². The summed E-state index contributed by atoms with van der Waals surface area (Å²) in [4.78, 5) is 24.6. The van der Waals surface area contributed by atoms with Gasteiger partial charge in [-0.1, -0.05) is 12.7 Å². The van der Waals surface area contributed by atoms with Gasteiger partial charge in [0.25, 0.3) is 0 Å². The van der Waals surface area contributed by atoms with Crippen LogP contribution in [0.5, 0.6) is 0 Å². The van der Waals surface area contributed by atoms with Gasteiger partial charge in [-0.25, -0.2) is 9.59 Å². The van der Waals surface area contributed by atoms with E-state index in [0.29, 0.717) is 5.57 Å². The van der Waals surface area contributed by atoms with Crippen molar-refractivity contribution in [1.82, 2.24) is 0 Å². The minimum atomic E-state index is -1.91. The van der Waals surface area contributed by atoms with Gasteiger partial charge in [0.2, 0.25) is 0 Å². The molecule has 2 fully saturated rings. The molecule has 3 aliphatic rings. The summed E-state index contributed by atoms with van der Waals surface area (Å²) in [6, 6.07) is 0. The Morgan fingerprint density at radius 2 is 2.14 bits per heavy atom. The average Bonchev–Trinajstić information content (AvgIpc) is 3.04. The van der Waals surface area contributed by atoms with Crippen molar-refractivity contribution in [3.8, 4) is 0 Å². The number of hydrogen-bond donors (Lipinski definition) is 3. The first-order valence-corrected chi connectivity index (χ1v) is 9.21. The molecule has 6 atom stereocenters. The molecule has 8 nitrogen and oxygen atoms in total. The molecule has 2 bridgehead atoms.